The monoisotopic (exact) mass is 272 g/mol. The average molecular weight is 272 g/mol. The zero-order chi connectivity index (χ0) is 14.2. The van der Waals surface area contributed by atoms with Crippen LogP contribution in [0.2, 0.25) is 0 Å². The number of carbonyl (C=O) groups is 1. The van der Waals surface area contributed by atoms with Crippen molar-refractivity contribution in [2.45, 2.75) is 51.6 Å². The summed E-state index contributed by atoms with van der Waals surface area (Å²) in [5, 5.41) is 6.62. The average Bonchev–Trinajstić information content (AvgIpc) is 2.77. The second-order valence-corrected chi connectivity index (χ2v) is 6.99. The number of amides is 1. The Morgan fingerprint density at radius 3 is 2.90 bits per heavy atom. The minimum absolute atomic E-state index is 0.0383. The Morgan fingerprint density at radius 2 is 2.15 bits per heavy atom. The van der Waals surface area contributed by atoms with E-state index in [9.17, 15) is 4.79 Å². The van der Waals surface area contributed by atoms with Crippen molar-refractivity contribution in [3.05, 3.63) is 35.4 Å². The molecule has 0 radical (unpaired) electrons. The lowest BCUT2D eigenvalue weighted by Gasteiger charge is -2.27. The van der Waals surface area contributed by atoms with Crippen LogP contribution in [-0.4, -0.2) is 18.5 Å². The van der Waals surface area contributed by atoms with E-state index in [1.54, 1.807) is 0 Å². The Labute approximate surface area is 121 Å². The van der Waals surface area contributed by atoms with Crippen molar-refractivity contribution >= 4 is 5.91 Å². The zero-order valence-electron chi connectivity index (χ0n) is 12.4. The Bertz CT molecular complexity index is 509. The molecule has 3 nitrogen and oxygen atoms in total. The summed E-state index contributed by atoms with van der Waals surface area (Å²) in [6.45, 7) is 6.20. The molecular weight excluding hydrogens is 248 g/mol. The van der Waals surface area contributed by atoms with Crippen molar-refractivity contribution in [1.29, 1.82) is 0 Å². The van der Waals surface area contributed by atoms with Crippen LogP contribution < -0.4 is 10.6 Å². The second-order valence-electron chi connectivity index (χ2n) is 6.99. The van der Waals surface area contributed by atoms with Crippen molar-refractivity contribution in [3.8, 4) is 0 Å². The minimum Gasteiger partial charge on any atom is -0.353 e. The lowest BCUT2D eigenvalue weighted by molar-refractivity contribution is -0.123. The van der Waals surface area contributed by atoms with Gasteiger partial charge >= 0.3 is 0 Å². The third-order valence-corrected chi connectivity index (χ3v) is 4.73. The number of carbonyl (C=O) groups excluding carboxylic acids is 1. The van der Waals surface area contributed by atoms with E-state index in [0.29, 0.717) is 11.5 Å². The number of fused-ring (bicyclic) bond motifs is 1. The molecule has 0 aromatic heterocycles. The first-order chi connectivity index (χ1) is 9.55. The molecule has 1 aromatic rings. The predicted octanol–water partition coefficient (Wildman–Crippen LogP) is 2.57. The molecule has 1 heterocycles. The molecule has 1 aromatic carbocycles. The molecule has 108 valence electrons. The molecule has 1 saturated carbocycles. The molecule has 1 fully saturated rings. The van der Waals surface area contributed by atoms with Gasteiger partial charge in [-0.2, -0.15) is 0 Å². The fourth-order valence-corrected chi connectivity index (χ4v) is 3.59. The quantitative estimate of drug-likeness (QED) is 0.869. The highest BCUT2D eigenvalue weighted by Gasteiger charge is 2.34. The van der Waals surface area contributed by atoms with E-state index in [1.165, 1.54) is 17.5 Å². The molecule has 2 atom stereocenters. The van der Waals surface area contributed by atoms with E-state index in [0.717, 1.165) is 25.9 Å². The summed E-state index contributed by atoms with van der Waals surface area (Å²) in [6, 6.07) is 8.63. The van der Waals surface area contributed by atoms with Gasteiger partial charge in [-0.25, -0.2) is 0 Å². The van der Waals surface area contributed by atoms with Gasteiger partial charge in [0.05, 0.1) is 5.92 Å². The van der Waals surface area contributed by atoms with Gasteiger partial charge in [0, 0.05) is 19.1 Å². The molecule has 2 aliphatic rings. The first-order valence-electron chi connectivity index (χ1n) is 7.64. The van der Waals surface area contributed by atoms with Crippen molar-refractivity contribution in [1.82, 2.24) is 10.6 Å². The fraction of sp³-hybridized carbons (Fsp3) is 0.588. The van der Waals surface area contributed by atoms with Gasteiger partial charge < -0.3 is 10.6 Å². The third-order valence-electron chi connectivity index (χ3n) is 4.73. The van der Waals surface area contributed by atoms with E-state index in [4.69, 9.17) is 0 Å². The van der Waals surface area contributed by atoms with Gasteiger partial charge in [0.15, 0.2) is 0 Å². The van der Waals surface area contributed by atoms with Crippen LogP contribution in [0.25, 0.3) is 0 Å². The molecule has 0 spiro atoms. The van der Waals surface area contributed by atoms with Gasteiger partial charge in [0.1, 0.15) is 0 Å². The number of benzene rings is 1. The molecule has 20 heavy (non-hydrogen) atoms. The van der Waals surface area contributed by atoms with Gasteiger partial charge in [0.25, 0.3) is 0 Å². The normalized spacial score (nSPS) is 27.9. The summed E-state index contributed by atoms with van der Waals surface area (Å²) in [4.78, 5) is 12.6. The molecule has 2 N–H and O–H groups in total. The Morgan fingerprint density at radius 1 is 1.35 bits per heavy atom. The molecule has 3 rings (SSSR count). The maximum Gasteiger partial charge on any atom is 0.229 e. The molecule has 1 aliphatic carbocycles. The highest BCUT2D eigenvalue weighted by Crippen LogP contribution is 2.37. The van der Waals surface area contributed by atoms with Gasteiger partial charge in [-0.05, 0) is 35.8 Å². The third kappa shape index (κ3) is 2.73. The summed E-state index contributed by atoms with van der Waals surface area (Å²) in [5.74, 6) is 0.149. The molecular formula is C17H24N2O. The fourth-order valence-electron chi connectivity index (χ4n) is 3.59. The Balaban J connectivity index is 1.70. The van der Waals surface area contributed by atoms with Crippen molar-refractivity contribution in [2.75, 3.05) is 6.54 Å². The van der Waals surface area contributed by atoms with E-state index >= 15 is 0 Å². The van der Waals surface area contributed by atoms with Gasteiger partial charge in [-0.3, -0.25) is 4.79 Å². The van der Waals surface area contributed by atoms with Crippen molar-refractivity contribution in [3.63, 3.8) is 0 Å². The molecule has 2 unspecified atom stereocenters. The molecule has 0 saturated heterocycles. The number of hydrogen-bond acceptors (Lipinski definition) is 2. The second kappa shape index (κ2) is 5.21. The number of rotatable bonds is 2. The summed E-state index contributed by atoms with van der Waals surface area (Å²) >= 11 is 0. The summed E-state index contributed by atoms with van der Waals surface area (Å²) in [5.41, 5.74) is 2.83. The number of nitrogens with one attached hydrogen (secondary N) is 2. The SMILES string of the molecule is CC1(C)CCC(NC(=O)C2CNCc3ccccc32)C1. The van der Waals surface area contributed by atoms with Crippen molar-refractivity contribution in [2.24, 2.45) is 5.41 Å². The lowest BCUT2D eigenvalue weighted by Crippen LogP contribution is -2.42. The van der Waals surface area contributed by atoms with Crippen LogP contribution in [0, 0.1) is 5.41 Å². The smallest absolute Gasteiger partial charge is 0.229 e. The highest BCUT2D eigenvalue weighted by atomic mass is 16.2. The van der Waals surface area contributed by atoms with Crippen LogP contribution in [0.4, 0.5) is 0 Å². The summed E-state index contributed by atoms with van der Waals surface area (Å²) < 4.78 is 0. The predicted molar refractivity (Wildman–Crippen MR) is 80.5 cm³/mol. The van der Waals surface area contributed by atoms with Crippen LogP contribution in [-0.2, 0) is 11.3 Å². The zero-order valence-corrected chi connectivity index (χ0v) is 12.4. The first-order valence-corrected chi connectivity index (χ1v) is 7.64. The largest absolute Gasteiger partial charge is 0.353 e. The van der Waals surface area contributed by atoms with Crippen LogP contribution in [0.15, 0.2) is 24.3 Å². The maximum absolute atomic E-state index is 12.6. The van der Waals surface area contributed by atoms with Gasteiger partial charge in [-0.15, -0.1) is 0 Å². The molecule has 1 amide bonds. The van der Waals surface area contributed by atoms with Crippen molar-refractivity contribution < 1.29 is 4.79 Å². The van der Waals surface area contributed by atoms with Crippen LogP contribution in [0.5, 0.6) is 0 Å². The van der Waals surface area contributed by atoms with Gasteiger partial charge in [0.2, 0.25) is 5.91 Å². The van der Waals surface area contributed by atoms with Gasteiger partial charge in [-0.1, -0.05) is 38.1 Å². The maximum atomic E-state index is 12.6. The first kappa shape index (κ1) is 13.6. The molecule has 0 bridgehead atoms. The van der Waals surface area contributed by atoms with Crippen LogP contribution in [0.1, 0.15) is 50.2 Å². The van der Waals surface area contributed by atoms with E-state index in [1.807, 2.05) is 12.1 Å². The van der Waals surface area contributed by atoms with E-state index < -0.39 is 0 Å². The minimum atomic E-state index is -0.0383. The van der Waals surface area contributed by atoms with Crippen LogP contribution >= 0.6 is 0 Å². The Hall–Kier alpha value is -1.35. The topological polar surface area (TPSA) is 41.1 Å². The molecule has 3 heteroatoms. The van der Waals surface area contributed by atoms with Crippen LogP contribution in [0.3, 0.4) is 0 Å². The van der Waals surface area contributed by atoms with E-state index in [2.05, 4.69) is 36.6 Å². The lowest BCUT2D eigenvalue weighted by atomic mass is 9.89. The van der Waals surface area contributed by atoms with E-state index in [-0.39, 0.29) is 11.8 Å². The standard InChI is InChI=1S/C17H24N2O/c1-17(2)8-7-13(9-17)19-16(20)15-11-18-10-12-5-3-4-6-14(12)15/h3-6,13,15,18H,7-11H2,1-2H3,(H,19,20). The Kier molecular flexibility index (Phi) is 3.55. The highest BCUT2D eigenvalue weighted by molar-refractivity contribution is 5.85. The number of hydrogen-bond donors (Lipinski definition) is 2. The summed E-state index contributed by atoms with van der Waals surface area (Å²) in [6.07, 6.45) is 3.42. The summed E-state index contributed by atoms with van der Waals surface area (Å²) in [7, 11) is 0. The molecule has 1 aliphatic heterocycles.